The smallest absolute Gasteiger partial charge is 0.398 e. The largest absolute Gasteiger partial charge is 0.411 e. The third-order valence-electron chi connectivity index (χ3n) is 2.13. The number of amides is 1. The van der Waals surface area contributed by atoms with Crippen LogP contribution in [-0.2, 0) is 4.74 Å². The number of alkyl halides is 3. The molecule has 4 nitrogen and oxygen atoms in total. The number of carbonyl (C=O) groups excluding carboxylic acids is 1. The van der Waals surface area contributed by atoms with Crippen LogP contribution < -0.4 is 11.1 Å². The van der Waals surface area contributed by atoms with Gasteiger partial charge in [0, 0.05) is 18.3 Å². The first-order valence-electron chi connectivity index (χ1n) is 5.38. The standard InChI is InChI=1S/C11H11F5N2O2/c12-7-3-6(9(17)4-8(7)13)10(19)18-1-2-20-5-11(14,15)16/h3-4H,1-2,5,17H2,(H,18,19). The van der Waals surface area contributed by atoms with Crippen LogP contribution in [0.15, 0.2) is 12.1 Å². The van der Waals surface area contributed by atoms with Gasteiger partial charge in [-0.1, -0.05) is 0 Å². The van der Waals surface area contributed by atoms with Gasteiger partial charge in [-0.15, -0.1) is 0 Å². The lowest BCUT2D eigenvalue weighted by Gasteiger charge is -2.10. The summed E-state index contributed by atoms with van der Waals surface area (Å²) in [6.45, 7) is -2.04. The Bertz CT molecular complexity index is 490. The average Bonchev–Trinajstić information content (AvgIpc) is 2.31. The summed E-state index contributed by atoms with van der Waals surface area (Å²) in [5.41, 5.74) is 4.75. The minimum atomic E-state index is -4.45. The van der Waals surface area contributed by atoms with Crippen LogP contribution >= 0.6 is 0 Å². The molecule has 1 aromatic carbocycles. The van der Waals surface area contributed by atoms with Crippen molar-refractivity contribution < 1.29 is 31.5 Å². The topological polar surface area (TPSA) is 64.4 Å². The second kappa shape index (κ2) is 6.51. The van der Waals surface area contributed by atoms with Crippen molar-refractivity contribution in [2.24, 2.45) is 0 Å². The highest BCUT2D eigenvalue weighted by Crippen LogP contribution is 2.17. The summed E-state index contributed by atoms with van der Waals surface area (Å²) in [6.07, 6.45) is -4.45. The molecule has 0 aliphatic rings. The number of nitrogens with two attached hydrogens (primary N) is 1. The van der Waals surface area contributed by atoms with Gasteiger partial charge in [-0.2, -0.15) is 13.2 Å². The van der Waals surface area contributed by atoms with E-state index >= 15 is 0 Å². The van der Waals surface area contributed by atoms with E-state index in [1.165, 1.54) is 0 Å². The number of carbonyl (C=O) groups is 1. The van der Waals surface area contributed by atoms with Crippen LogP contribution in [0.5, 0.6) is 0 Å². The second-order valence-electron chi connectivity index (χ2n) is 3.78. The minimum absolute atomic E-state index is 0.229. The van der Waals surface area contributed by atoms with Crippen LogP contribution in [-0.4, -0.2) is 31.8 Å². The molecule has 112 valence electrons. The van der Waals surface area contributed by atoms with Crippen LogP contribution in [0.4, 0.5) is 27.6 Å². The van der Waals surface area contributed by atoms with Crippen molar-refractivity contribution >= 4 is 11.6 Å². The van der Waals surface area contributed by atoms with E-state index in [1.807, 2.05) is 0 Å². The molecule has 0 unspecified atom stereocenters. The Morgan fingerprint density at radius 3 is 2.45 bits per heavy atom. The molecule has 0 atom stereocenters. The van der Waals surface area contributed by atoms with E-state index in [4.69, 9.17) is 5.73 Å². The fourth-order valence-corrected chi connectivity index (χ4v) is 1.28. The Morgan fingerprint density at radius 1 is 1.25 bits per heavy atom. The number of nitrogens with one attached hydrogen (secondary N) is 1. The van der Waals surface area contributed by atoms with Gasteiger partial charge >= 0.3 is 6.18 Å². The molecule has 0 saturated carbocycles. The highest BCUT2D eigenvalue weighted by Gasteiger charge is 2.27. The lowest BCUT2D eigenvalue weighted by atomic mass is 10.1. The Kier molecular flexibility index (Phi) is 5.26. The molecule has 0 radical (unpaired) electrons. The van der Waals surface area contributed by atoms with E-state index < -0.39 is 30.3 Å². The molecule has 0 aliphatic carbocycles. The number of hydrogen-bond acceptors (Lipinski definition) is 3. The molecule has 3 N–H and O–H groups in total. The molecule has 1 amide bonds. The fraction of sp³-hybridized carbons (Fsp3) is 0.364. The number of hydrogen-bond donors (Lipinski definition) is 2. The number of anilines is 1. The van der Waals surface area contributed by atoms with Crippen molar-refractivity contribution in [1.82, 2.24) is 5.32 Å². The lowest BCUT2D eigenvalue weighted by molar-refractivity contribution is -0.173. The van der Waals surface area contributed by atoms with Gasteiger partial charge in [-0.25, -0.2) is 8.78 Å². The summed E-state index contributed by atoms with van der Waals surface area (Å²) < 4.78 is 65.2. The highest BCUT2D eigenvalue weighted by atomic mass is 19.4. The molecule has 20 heavy (non-hydrogen) atoms. The molecule has 0 bridgehead atoms. The minimum Gasteiger partial charge on any atom is -0.398 e. The monoisotopic (exact) mass is 298 g/mol. The van der Waals surface area contributed by atoms with Crippen molar-refractivity contribution in [2.75, 3.05) is 25.5 Å². The predicted octanol–water partition coefficient (Wildman–Crippen LogP) is 1.86. The maximum atomic E-state index is 12.9. The van der Waals surface area contributed by atoms with Crippen molar-refractivity contribution in [1.29, 1.82) is 0 Å². The zero-order valence-corrected chi connectivity index (χ0v) is 10.1. The van der Waals surface area contributed by atoms with Gasteiger partial charge in [0.05, 0.1) is 12.2 Å². The summed E-state index contributed by atoms with van der Waals surface area (Å²) in [5.74, 6) is -3.29. The molecule has 0 spiro atoms. The molecule has 0 fully saturated rings. The maximum absolute atomic E-state index is 12.9. The van der Waals surface area contributed by atoms with E-state index in [0.717, 1.165) is 0 Å². The normalized spacial score (nSPS) is 11.4. The van der Waals surface area contributed by atoms with Crippen molar-refractivity contribution in [3.05, 3.63) is 29.3 Å². The first kappa shape index (κ1) is 16.2. The summed E-state index contributed by atoms with van der Waals surface area (Å²) in [7, 11) is 0. The van der Waals surface area contributed by atoms with E-state index in [0.29, 0.717) is 12.1 Å². The molecule has 1 aromatic rings. The van der Waals surface area contributed by atoms with Gasteiger partial charge in [-0.3, -0.25) is 4.79 Å². The molecule has 0 aliphatic heterocycles. The molecule has 0 saturated heterocycles. The SMILES string of the molecule is Nc1cc(F)c(F)cc1C(=O)NCCOCC(F)(F)F. The molecule has 9 heteroatoms. The number of ether oxygens (including phenoxy) is 1. The molecule has 0 heterocycles. The van der Waals surface area contributed by atoms with Crippen LogP contribution in [0.25, 0.3) is 0 Å². The molecular weight excluding hydrogens is 287 g/mol. The maximum Gasteiger partial charge on any atom is 0.411 e. The predicted molar refractivity (Wildman–Crippen MR) is 60.0 cm³/mol. The zero-order valence-electron chi connectivity index (χ0n) is 10.1. The Hall–Kier alpha value is -1.90. The van der Waals surface area contributed by atoms with E-state index in [-0.39, 0.29) is 24.4 Å². The third kappa shape index (κ3) is 5.00. The van der Waals surface area contributed by atoms with Gasteiger partial charge in [0.25, 0.3) is 5.91 Å². The average molecular weight is 298 g/mol. The Morgan fingerprint density at radius 2 is 1.85 bits per heavy atom. The Labute approximate surface area is 110 Å². The summed E-state index contributed by atoms with van der Waals surface area (Å²) in [5, 5.41) is 2.17. The summed E-state index contributed by atoms with van der Waals surface area (Å²) in [6, 6.07) is 1.25. The number of rotatable bonds is 5. The summed E-state index contributed by atoms with van der Waals surface area (Å²) >= 11 is 0. The van der Waals surface area contributed by atoms with Crippen LogP contribution in [0, 0.1) is 11.6 Å². The first-order chi connectivity index (χ1) is 9.20. The zero-order chi connectivity index (χ0) is 15.3. The van der Waals surface area contributed by atoms with Crippen molar-refractivity contribution in [3.63, 3.8) is 0 Å². The van der Waals surface area contributed by atoms with E-state index in [2.05, 4.69) is 10.1 Å². The van der Waals surface area contributed by atoms with Gasteiger partial charge in [0.15, 0.2) is 11.6 Å². The van der Waals surface area contributed by atoms with Crippen molar-refractivity contribution in [2.45, 2.75) is 6.18 Å². The molecule has 0 aromatic heterocycles. The molecule has 1 rings (SSSR count). The first-order valence-corrected chi connectivity index (χ1v) is 5.38. The highest BCUT2D eigenvalue weighted by molar-refractivity contribution is 5.99. The van der Waals surface area contributed by atoms with Gasteiger partial charge < -0.3 is 15.8 Å². The number of nitrogen functional groups attached to an aromatic ring is 1. The fourth-order valence-electron chi connectivity index (χ4n) is 1.28. The van der Waals surface area contributed by atoms with Gasteiger partial charge in [-0.05, 0) is 6.07 Å². The lowest BCUT2D eigenvalue weighted by Crippen LogP contribution is -2.29. The number of benzene rings is 1. The van der Waals surface area contributed by atoms with Gasteiger partial charge in [0.1, 0.15) is 6.61 Å². The van der Waals surface area contributed by atoms with E-state index in [1.54, 1.807) is 0 Å². The third-order valence-corrected chi connectivity index (χ3v) is 2.13. The van der Waals surface area contributed by atoms with Crippen LogP contribution in [0.1, 0.15) is 10.4 Å². The second-order valence-corrected chi connectivity index (χ2v) is 3.78. The van der Waals surface area contributed by atoms with Crippen molar-refractivity contribution in [3.8, 4) is 0 Å². The Balaban J connectivity index is 2.46. The summed E-state index contributed by atoms with van der Waals surface area (Å²) in [4.78, 5) is 11.5. The van der Waals surface area contributed by atoms with Crippen LogP contribution in [0.2, 0.25) is 0 Å². The number of halogens is 5. The quantitative estimate of drug-likeness (QED) is 0.495. The van der Waals surface area contributed by atoms with Crippen LogP contribution in [0.3, 0.4) is 0 Å². The van der Waals surface area contributed by atoms with E-state index in [9.17, 15) is 26.7 Å². The van der Waals surface area contributed by atoms with Gasteiger partial charge in [0.2, 0.25) is 0 Å². The molecular formula is C11H11F5N2O2.